The normalized spacial score (nSPS) is 10.5. The third kappa shape index (κ3) is 4.71. The van der Waals surface area contributed by atoms with Crippen LogP contribution in [-0.2, 0) is 11.2 Å². The molecule has 1 N–H and O–H groups in total. The third-order valence-electron chi connectivity index (χ3n) is 3.20. The number of ether oxygens (including phenoxy) is 1. The van der Waals surface area contributed by atoms with Gasteiger partial charge in [-0.05, 0) is 49.2 Å². The Kier molecular flexibility index (Phi) is 5.95. The predicted octanol–water partition coefficient (Wildman–Crippen LogP) is 1.91. The molecule has 0 fully saturated rings. The third-order valence-corrected chi connectivity index (χ3v) is 3.20. The second-order valence-electron chi connectivity index (χ2n) is 4.80. The molecule has 0 amide bonds. The second kappa shape index (κ2) is 8.20. The van der Waals surface area contributed by atoms with Crippen molar-refractivity contribution in [2.24, 2.45) is 0 Å². The van der Waals surface area contributed by atoms with Crippen LogP contribution < -0.4 is 5.32 Å². The van der Waals surface area contributed by atoms with Gasteiger partial charge >= 0.3 is 0 Å². The van der Waals surface area contributed by atoms with Crippen molar-refractivity contribution in [1.29, 1.82) is 5.26 Å². The largest absolute Gasteiger partial charge is 0.383 e. The van der Waals surface area contributed by atoms with Crippen molar-refractivity contribution < 1.29 is 4.74 Å². The minimum Gasteiger partial charge on any atom is -0.383 e. The summed E-state index contributed by atoms with van der Waals surface area (Å²) in [6, 6.07) is 9.53. The predicted molar refractivity (Wildman–Crippen MR) is 81.3 cm³/mol. The Balaban J connectivity index is 1.82. The maximum Gasteiger partial charge on any atom is 0.0991 e. The Morgan fingerprint density at radius 1 is 1.29 bits per heavy atom. The highest BCUT2D eigenvalue weighted by Crippen LogP contribution is 2.10. The monoisotopic (exact) mass is 284 g/mol. The van der Waals surface area contributed by atoms with Crippen LogP contribution in [0.4, 0.5) is 0 Å². The summed E-state index contributed by atoms with van der Waals surface area (Å²) >= 11 is 0. The van der Waals surface area contributed by atoms with Crippen LogP contribution >= 0.6 is 0 Å². The second-order valence-corrected chi connectivity index (χ2v) is 4.80. The zero-order valence-corrected chi connectivity index (χ0v) is 12.2. The van der Waals surface area contributed by atoms with Crippen molar-refractivity contribution >= 4 is 0 Å². The highest BCUT2D eigenvalue weighted by molar-refractivity contribution is 5.39. The number of hydrogen-bond donors (Lipinski definition) is 1. The Labute approximate surface area is 125 Å². The van der Waals surface area contributed by atoms with Crippen molar-refractivity contribution in [2.45, 2.75) is 12.8 Å². The number of aryl methyl sites for hydroxylation is 1. The van der Waals surface area contributed by atoms with Crippen LogP contribution in [-0.4, -0.2) is 36.6 Å². The van der Waals surface area contributed by atoms with Crippen LogP contribution in [0, 0.1) is 11.3 Å². The molecule has 5 heteroatoms. The fourth-order valence-electron chi connectivity index (χ4n) is 2.04. The first-order chi connectivity index (χ1) is 10.3. The lowest BCUT2D eigenvalue weighted by atomic mass is 10.2. The number of nitriles is 1. The molecule has 0 atom stereocenters. The van der Waals surface area contributed by atoms with E-state index < -0.39 is 0 Å². The van der Waals surface area contributed by atoms with Crippen LogP contribution in [0.1, 0.15) is 17.5 Å². The molecule has 5 nitrogen and oxygen atoms in total. The lowest BCUT2D eigenvalue weighted by molar-refractivity contribution is 0.199. The lowest BCUT2D eigenvalue weighted by Crippen LogP contribution is -2.20. The summed E-state index contributed by atoms with van der Waals surface area (Å²) in [5.74, 6) is 0. The van der Waals surface area contributed by atoms with Gasteiger partial charge in [-0.1, -0.05) is 0 Å². The van der Waals surface area contributed by atoms with Gasteiger partial charge in [0.1, 0.15) is 0 Å². The molecule has 0 saturated heterocycles. The van der Waals surface area contributed by atoms with E-state index in [1.54, 1.807) is 19.2 Å². The summed E-state index contributed by atoms with van der Waals surface area (Å²) in [5, 5.41) is 16.5. The van der Waals surface area contributed by atoms with E-state index >= 15 is 0 Å². The van der Waals surface area contributed by atoms with Gasteiger partial charge in [-0.3, -0.25) is 0 Å². The van der Waals surface area contributed by atoms with E-state index in [4.69, 9.17) is 10.00 Å². The Morgan fingerprint density at radius 2 is 2.10 bits per heavy atom. The molecule has 0 aliphatic rings. The number of rotatable bonds is 8. The van der Waals surface area contributed by atoms with Crippen molar-refractivity contribution in [3.05, 3.63) is 47.8 Å². The average molecular weight is 284 g/mol. The van der Waals surface area contributed by atoms with Gasteiger partial charge in [0.05, 0.1) is 30.1 Å². The summed E-state index contributed by atoms with van der Waals surface area (Å²) < 4.78 is 6.82. The number of nitrogens with one attached hydrogen (secondary N) is 1. The number of methoxy groups -OCH3 is 1. The van der Waals surface area contributed by atoms with E-state index in [1.807, 2.05) is 29.2 Å². The molecule has 0 radical (unpaired) electrons. The van der Waals surface area contributed by atoms with Crippen LogP contribution in [0.2, 0.25) is 0 Å². The molecule has 0 bridgehead atoms. The smallest absolute Gasteiger partial charge is 0.0991 e. The Hall–Kier alpha value is -2.16. The molecule has 21 heavy (non-hydrogen) atoms. The zero-order valence-electron chi connectivity index (χ0n) is 12.2. The van der Waals surface area contributed by atoms with Gasteiger partial charge in [-0.15, -0.1) is 0 Å². The molecule has 1 aromatic carbocycles. The summed E-state index contributed by atoms with van der Waals surface area (Å²) in [6.45, 7) is 2.61. The quantitative estimate of drug-likeness (QED) is 0.752. The first kappa shape index (κ1) is 15.2. The molecule has 0 aliphatic carbocycles. The van der Waals surface area contributed by atoms with Crippen molar-refractivity contribution in [1.82, 2.24) is 15.1 Å². The van der Waals surface area contributed by atoms with E-state index in [1.165, 1.54) is 5.56 Å². The van der Waals surface area contributed by atoms with Crippen molar-refractivity contribution in [2.75, 3.05) is 26.8 Å². The highest BCUT2D eigenvalue weighted by Gasteiger charge is 2.01. The number of hydrogen-bond acceptors (Lipinski definition) is 4. The minimum atomic E-state index is 0.660. The zero-order chi connectivity index (χ0) is 14.9. The number of benzene rings is 1. The molecule has 1 aromatic heterocycles. The van der Waals surface area contributed by atoms with Crippen molar-refractivity contribution in [3.8, 4) is 11.8 Å². The van der Waals surface area contributed by atoms with E-state index in [0.717, 1.165) is 38.2 Å². The summed E-state index contributed by atoms with van der Waals surface area (Å²) in [7, 11) is 1.71. The highest BCUT2D eigenvalue weighted by atomic mass is 16.5. The van der Waals surface area contributed by atoms with Crippen molar-refractivity contribution in [3.63, 3.8) is 0 Å². The van der Waals surface area contributed by atoms with Gasteiger partial charge in [0, 0.05) is 19.9 Å². The molecule has 2 aromatic rings. The lowest BCUT2D eigenvalue weighted by Gasteiger charge is -2.02. The number of aromatic nitrogens is 2. The summed E-state index contributed by atoms with van der Waals surface area (Å²) in [4.78, 5) is 0. The summed E-state index contributed by atoms with van der Waals surface area (Å²) in [5.41, 5.74) is 2.85. The van der Waals surface area contributed by atoms with E-state index in [2.05, 4.69) is 16.5 Å². The van der Waals surface area contributed by atoms with Gasteiger partial charge in [0.25, 0.3) is 0 Å². The number of nitrogens with zero attached hydrogens (tertiary/aromatic N) is 3. The SMILES string of the molecule is COCCNCCCc1cnn(-c2ccc(C#N)cc2)c1. The van der Waals surface area contributed by atoms with Crippen LogP contribution in [0.25, 0.3) is 5.69 Å². The van der Waals surface area contributed by atoms with E-state index in [9.17, 15) is 0 Å². The van der Waals surface area contributed by atoms with E-state index in [0.29, 0.717) is 5.56 Å². The van der Waals surface area contributed by atoms with Gasteiger partial charge in [-0.2, -0.15) is 10.4 Å². The fraction of sp³-hybridized carbons (Fsp3) is 0.375. The molecule has 1 heterocycles. The van der Waals surface area contributed by atoms with Gasteiger partial charge in [0.2, 0.25) is 0 Å². The first-order valence-electron chi connectivity index (χ1n) is 7.07. The van der Waals surface area contributed by atoms with Crippen LogP contribution in [0.15, 0.2) is 36.7 Å². The Morgan fingerprint density at radius 3 is 2.81 bits per heavy atom. The first-order valence-corrected chi connectivity index (χ1v) is 7.07. The van der Waals surface area contributed by atoms with Gasteiger partial charge in [0.15, 0.2) is 0 Å². The molecule has 2 rings (SSSR count). The average Bonchev–Trinajstić information content (AvgIpc) is 3.00. The molecule has 110 valence electrons. The van der Waals surface area contributed by atoms with Gasteiger partial charge in [-0.25, -0.2) is 4.68 Å². The molecule has 0 spiro atoms. The maximum absolute atomic E-state index is 8.79. The minimum absolute atomic E-state index is 0.660. The van der Waals surface area contributed by atoms with Crippen LogP contribution in [0.3, 0.4) is 0 Å². The fourth-order valence-corrected chi connectivity index (χ4v) is 2.04. The summed E-state index contributed by atoms with van der Waals surface area (Å²) in [6.07, 6.45) is 6.00. The molecular weight excluding hydrogens is 264 g/mol. The topological polar surface area (TPSA) is 62.9 Å². The maximum atomic E-state index is 8.79. The molecule has 0 saturated carbocycles. The Bertz CT molecular complexity index is 583. The van der Waals surface area contributed by atoms with E-state index in [-0.39, 0.29) is 0 Å². The van der Waals surface area contributed by atoms with Crippen LogP contribution in [0.5, 0.6) is 0 Å². The standard InChI is InChI=1S/C16H20N4O/c1-21-10-9-18-8-2-3-15-12-19-20(13-15)16-6-4-14(11-17)5-7-16/h4-7,12-13,18H,2-3,8-10H2,1H3. The molecule has 0 unspecified atom stereocenters. The molecular formula is C16H20N4O. The van der Waals surface area contributed by atoms with Gasteiger partial charge < -0.3 is 10.1 Å². The molecule has 0 aliphatic heterocycles.